The first-order valence-corrected chi connectivity index (χ1v) is 7.92. The third kappa shape index (κ3) is 2.76. The molecule has 1 amide bonds. The molecule has 0 N–H and O–H groups in total. The Balaban J connectivity index is 1.43. The lowest BCUT2D eigenvalue weighted by molar-refractivity contribution is -0.141. The summed E-state index contributed by atoms with van der Waals surface area (Å²) in [7, 11) is 0. The molecule has 1 atom stereocenters. The number of rotatable bonds is 2. The lowest BCUT2D eigenvalue weighted by Gasteiger charge is -2.34. The number of carbonyl (C=O) groups excluding carboxylic acids is 1. The Bertz CT molecular complexity index is 718. The molecule has 2 aliphatic rings. The maximum Gasteiger partial charge on any atom is 0.298 e. The van der Waals surface area contributed by atoms with Crippen LogP contribution in [0.3, 0.4) is 0 Å². The predicted molar refractivity (Wildman–Crippen MR) is 81.7 cm³/mol. The molecule has 3 heterocycles. The van der Waals surface area contributed by atoms with Gasteiger partial charge in [0.2, 0.25) is 0 Å². The van der Waals surface area contributed by atoms with Crippen molar-refractivity contribution >= 4 is 23.0 Å². The van der Waals surface area contributed by atoms with E-state index in [-0.39, 0.29) is 17.8 Å². The number of piperazine rings is 1. The number of oxazole rings is 1. The Kier molecular flexibility index (Phi) is 3.65. The van der Waals surface area contributed by atoms with Crippen LogP contribution in [0.15, 0.2) is 22.6 Å². The summed E-state index contributed by atoms with van der Waals surface area (Å²) in [5, 5.41) is 0. The minimum absolute atomic E-state index is 0.0850. The first-order chi connectivity index (χ1) is 11.2. The second kappa shape index (κ2) is 5.81. The smallest absolute Gasteiger partial charge is 0.298 e. The Hall–Kier alpha value is -2.15. The van der Waals surface area contributed by atoms with E-state index in [1.165, 1.54) is 12.1 Å². The summed E-state index contributed by atoms with van der Waals surface area (Å²) < 4.78 is 24.3. The molecule has 0 radical (unpaired) electrons. The molecule has 0 bridgehead atoms. The first kappa shape index (κ1) is 14.4. The highest BCUT2D eigenvalue weighted by Gasteiger charge is 2.31. The van der Waals surface area contributed by atoms with Gasteiger partial charge < -0.3 is 19.0 Å². The number of anilines is 1. The van der Waals surface area contributed by atoms with Crippen molar-refractivity contribution in [3.63, 3.8) is 0 Å². The van der Waals surface area contributed by atoms with Crippen molar-refractivity contribution in [1.82, 2.24) is 9.88 Å². The third-order valence-corrected chi connectivity index (χ3v) is 4.41. The number of aromatic nitrogens is 1. The van der Waals surface area contributed by atoms with Crippen LogP contribution in [-0.2, 0) is 9.53 Å². The van der Waals surface area contributed by atoms with Crippen LogP contribution in [0.1, 0.15) is 12.8 Å². The van der Waals surface area contributed by atoms with Gasteiger partial charge in [-0.15, -0.1) is 0 Å². The lowest BCUT2D eigenvalue weighted by atomic mass is 10.2. The highest BCUT2D eigenvalue weighted by Crippen LogP contribution is 2.24. The van der Waals surface area contributed by atoms with E-state index in [0.29, 0.717) is 49.9 Å². The molecular formula is C16H18FN3O3. The van der Waals surface area contributed by atoms with Gasteiger partial charge in [-0.1, -0.05) is 0 Å². The maximum absolute atomic E-state index is 13.2. The van der Waals surface area contributed by atoms with Gasteiger partial charge in [0.05, 0.1) is 0 Å². The van der Waals surface area contributed by atoms with Crippen molar-refractivity contribution < 1.29 is 18.3 Å². The zero-order valence-corrected chi connectivity index (χ0v) is 12.7. The Morgan fingerprint density at radius 2 is 2.09 bits per heavy atom. The summed E-state index contributed by atoms with van der Waals surface area (Å²) >= 11 is 0. The van der Waals surface area contributed by atoms with Crippen molar-refractivity contribution in [2.75, 3.05) is 37.7 Å². The standard InChI is InChI=1S/C16H18FN3O3/c17-11-3-4-12-14(10-11)23-16(18-12)20-7-5-19(6-8-20)15(21)13-2-1-9-22-13/h3-4,10,13H,1-2,5-9H2. The average molecular weight is 319 g/mol. The highest BCUT2D eigenvalue weighted by atomic mass is 19.1. The number of fused-ring (bicyclic) bond motifs is 1. The number of amides is 1. The molecule has 1 unspecified atom stereocenters. The van der Waals surface area contributed by atoms with Crippen LogP contribution in [0.4, 0.5) is 10.4 Å². The molecular weight excluding hydrogens is 301 g/mol. The number of nitrogens with zero attached hydrogens (tertiary/aromatic N) is 3. The van der Waals surface area contributed by atoms with Gasteiger partial charge in [-0.05, 0) is 25.0 Å². The SMILES string of the molecule is O=C(C1CCCO1)N1CCN(c2nc3ccc(F)cc3o2)CC1. The number of halogens is 1. The van der Waals surface area contributed by atoms with Gasteiger partial charge in [0.15, 0.2) is 5.58 Å². The average Bonchev–Trinajstić information content (AvgIpc) is 3.23. The zero-order chi connectivity index (χ0) is 15.8. The van der Waals surface area contributed by atoms with Gasteiger partial charge in [-0.3, -0.25) is 4.79 Å². The van der Waals surface area contributed by atoms with E-state index in [9.17, 15) is 9.18 Å². The minimum Gasteiger partial charge on any atom is -0.423 e. The van der Waals surface area contributed by atoms with Crippen LogP contribution >= 0.6 is 0 Å². The van der Waals surface area contributed by atoms with E-state index in [4.69, 9.17) is 9.15 Å². The summed E-state index contributed by atoms with van der Waals surface area (Å²) in [6.45, 7) is 3.20. The van der Waals surface area contributed by atoms with E-state index in [2.05, 4.69) is 4.98 Å². The fraction of sp³-hybridized carbons (Fsp3) is 0.500. The van der Waals surface area contributed by atoms with Gasteiger partial charge in [-0.2, -0.15) is 4.98 Å². The number of ether oxygens (including phenoxy) is 1. The van der Waals surface area contributed by atoms with Crippen LogP contribution in [0, 0.1) is 5.82 Å². The van der Waals surface area contributed by atoms with Gasteiger partial charge in [0.25, 0.3) is 11.9 Å². The normalized spacial score (nSPS) is 22.0. The van der Waals surface area contributed by atoms with E-state index in [1.54, 1.807) is 6.07 Å². The van der Waals surface area contributed by atoms with E-state index < -0.39 is 0 Å². The fourth-order valence-corrected chi connectivity index (χ4v) is 3.12. The fourth-order valence-electron chi connectivity index (χ4n) is 3.12. The summed E-state index contributed by atoms with van der Waals surface area (Å²) in [6.07, 6.45) is 1.50. The lowest BCUT2D eigenvalue weighted by Crippen LogP contribution is -2.51. The van der Waals surface area contributed by atoms with E-state index in [0.717, 1.165) is 12.8 Å². The molecule has 6 nitrogen and oxygen atoms in total. The van der Waals surface area contributed by atoms with Crippen molar-refractivity contribution in [2.45, 2.75) is 18.9 Å². The van der Waals surface area contributed by atoms with Gasteiger partial charge >= 0.3 is 0 Å². The molecule has 2 aliphatic heterocycles. The van der Waals surface area contributed by atoms with Crippen LogP contribution in [0.25, 0.3) is 11.1 Å². The van der Waals surface area contributed by atoms with Crippen LogP contribution < -0.4 is 4.90 Å². The predicted octanol–water partition coefficient (Wildman–Crippen LogP) is 1.79. The molecule has 2 aromatic rings. The number of benzene rings is 1. The number of hydrogen-bond acceptors (Lipinski definition) is 5. The molecule has 0 spiro atoms. The zero-order valence-electron chi connectivity index (χ0n) is 12.7. The molecule has 1 aromatic heterocycles. The molecule has 1 aromatic carbocycles. The molecule has 7 heteroatoms. The second-order valence-electron chi connectivity index (χ2n) is 5.92. The molecule has 23 heavy (non-hydrogen) atoms. The highest BCUT2D eigenvalue weighted by molar-refractivity contribution is 5.81. The Morgan fingerprint density at radius 3 is 2.83 bits per heavy atom. The molecule has 122 valence electrons. The third-order valence-electron chi connectivity index (χ3n) is 4.41. The van der Waals surface area contributed by atoms with Crippen LogP contribution in [0.5, 0.6) is 0 Å². The molecule has 0 saturated carbocycles. The first-order valence-electron chi connectivity index (χ1n) is 7.92. The second-order valence-corrected chi connectivity index (χ2v) is 5.92. The quantitative estimate of drug-likeness (QED) is 0.845. The Morgan fingerprint density at radius 1 is 1.26 bits per heavy atom. The van der Waals surface area contributed by atoms with Crippen molar-refractivity contribution in [1.29, 1.82) is 0 Å². The molecule has 2 saturated heterocycles. The van der Waals surface area contributed by atoms with Crippen molar-refractivity contribution in [2.24, 2.45) is 0 Å². The summed E-state index contributed by atoms with van der Waals surface area (Å²) in [5.41, 5.74) is 1.08. The molecule has 2 fully saturated rings. The van der Waals surface area contributed by atoms with Crippen molar-refractivity contribution in [3.05, 3.63) is 24.0 Å². The molecule has 0 aliphatic carbocycles. The van der Waals surface area contributed by atoms with Gasteiger partial charge in [-0.25, -0.2) is 4.39 Å². The Labute approximate surface area is 132 Å². The topological polar surface area (TPSA) is 58.8 Å². The van der Waals surface area contributed by atoms with Crippen LogP contribution in [0.2, 0.25) is 0 Å². The monoisotopic (exact) mass is 319 g/mol. The summed E-state index contributed by atoms with van der Waals surface area (Å²) in [4.78, 5) is 20.5. The van der Waals surface area contributed by atoms with Crippen LogP contribution in [-0.4, -0.2) is 54.7 Å². The summed E-state index contributed by atoms with van der Waals surface area (Å²) in [6, 6.07) is 4.79. The molecule has 4 rings (SSSR count). The van der Waals surface area contributed by atoms with E-state index >= 15 is 0 Å². The minimum atomic E-state index is -0.341. The van der Waals surface area contributed by atoms with Gasteiger partial charge in [0, 0.05) is 38.9 Å². The van der Waals surface area contributed by atoms with E-state index in [1.807, 2.05) is 9.80 Å². The largest absolute Gasteiger partial charge is 0.423 e. The van der Waals surface area contributed by atoms with Gasteiger partial charge in [0.1, 0.15) is 17.4 Å². The number of hydrogen-bond donors (Lipinski definition) is 0. The van der Waals surface area contributed by atoms with Crippen molar-refractivity contribution in [3.8, 4) is 0 Å². The summed E-state index contributed by atoms with van der Waals surface area (Å²) in [5.74, 6) is -0.256. The maximum atomic E-state index is 13.2. The number of carbonyl (C=O) groups is 1.